The van der Waals surface area contributed by atoms with Crippen LogP contribution in [0.25, 0.3) is 0 Å². The van der Waals surface area contributed by atoms with E-state index < -0.39 is 0 Å². The van der Waals surface area contributed by atoms with E-state index in [1.807, 2.05) is 0 Å². The molecule has 0 saturated carbocycles. The SMILES string of the molecule is O=C1NNC2C(=Nc3ccc(F)cc32)N1. The van der Waals surface area contributed by atoms with Crippen molar-refractivity contribution in [1.82, 2.24) is 16.2 Å². The highest BCUT2D eigenvalue weighted by Crippen LogP contribution is 2.33. The second kappa shape index (κ2) is 2.77. The molecule has 1 saturated heterocycles. The Morgan fingerprint density at radius 1 is 1.40 bits per heavy atom. The molecular weight excluding hydrogens is 199 g/mol. The number of aliphatic imine (C=N–C) groups is 1. The fraction of sp³-hybridized carbons (Fsp3) is 0.111. The maximum absolute atomic E-state index is 13.0. The van der Waals surface area contributed by atoms with Crippen molar-refractivity contribution in [3.63, 3.8) is 0 Å². The molecule has 76 valence electrons. The number of nitrogens with one attached hydrogen (secondary N) is 3. The van der Waals surface area contributed by atoms with Crippen molar-refractivity contribution in [2.75, 3.05) is 0 Å². The fourth-order valence-corrected chi connectivity index (χ4v) is 1.73. The average Bonchev–Trinajstić information content (AvgIpc) is 2.54. The van der Waals surface area contributed by atoms with Crippen molar-refractivity contribution in [1.29, 1.82) is 0 Å². The molecule has 0 aromatic heterocycles. The van der Waals surface area contributed by atoms with Crippen LogP contribution in [0, 0.1) is 5.82 Å². The van der Waals surface area contributed by atoms with E-state index in [-0.39, 0.29) is 17.9 Å². The van der Waals surface area contributed by atoms with Crippen LogP contribution in [0.3, 0.4) is 0 Å². The Labute approximate surface area is 84.4 Å². The predicted octanol–water partition coefficient (Wildman–Crippen LogP) is 0.728. The lowest BCUT2D eigenvalue weighted by molar-refractivity contribution is 0.236. The van der Waals surface area contributed by atoms with Crippen molar-refractivity contribution < 1.29 is 9.18 Å². The highest BCUT2D eigenvalue weighted by Gasteiger charge is 2.32. The van der Waals surface area contributed by atoms with Gasteiger partial charge in [-0.25, -0.2) is 19.6 Å². The van der Waals surface area contributed by atoms with Gasteiger partial charge in [0.15, 0.2) is 0 Å². The van der Waals surface area contributed by atoms with E-state index in [1.54, 1.807) is 6.07 Å². The van der Waals surface area contributed by atoms with Crippen LogP contribution in [0.5, 0.6) is 0 Å². The van der Waals surface area contributed by atoms with Crippen LogP contribution in [-0.4, -0.2) is 11.9 Å². The van der Waals surface area contributed by atoms with Crippen LogP contribution in [0.4, 0.5) is 14.9 Å². The van der Waals surface area contributed by atoms with Gasteiger partial charge in [0.25, 0.3) is 0 Å². The summed E-state index contributed by atoms with van der Waals surface area (Å²) in [5.74, 6) is 0.184. The molecular formula is C9H7FN4O. The zero-order valence-corrected chi connectivity index (χ0v) is 7.54. The Bertz CT molecular complexity index is 485. The third-order valence-corrected chi connectivity index (χ3v) is 2.39. The van der Waals surface area contributed by atoms with Crippen LogP contribution < -0.4 is 16.2 Å². The molecule has 6 heteroatoms. The summed E-state index contributed by atoms with van der Waals surface area (Å²) in [6, 6.07) is 3.69. The molecule has 3 N–H and O–H groups in total. The van der Waals surface area contributed by atoms with Gasteiger partial charge in [0, 0.05) is 5.56 Å². The number of nitrogens with zero attached hydrogens (tertiary/aromatic N) is 1. The van der Waals surface area contributed by atoms with Gasteiger partial charge in [0.05, 0.1) is 5.69 Å². The topological polar surface area (TPSA) is 65.5 Å². The molecule has 1 aromatic rings. The number of rotatable bonds is 0. The molecule has 0 aliphatic carbocycles. The summed E-state index contributed by atoms with van der Waals surface area (Å²) >= 11 is 0. The van der Waals surface area contributed by atoms with Crippen molar-refractivity contribution in [3.8, 4) is 0 Å². The molecule has 5 nitrogen and oxygen atoms in total. The van der Waals surface area contributed by atoms with Crippen LogP contribution in [0.15, 0.2) is 23.2 Å². The van der Waals surface area contributed by atoms with Crippen molar-refractivity contribution >= 4 is 17.6 Å². The first-order valence-corrected chi connectivity index (χ1v) is 4.44. The Morgan fingerprint density at radius 3 is 3.13 bits per heavy atom. The Kier molecular flexibility index (Phi) is 1.54. The second-order valence-corrected chi connectivity index (χ2v) is 3.36. The number of halogens is 1. The number of carbonyl (C=O) groups excluding carboxylic acids is 1. The first-order chi connectivity index (χ1) is 7.24. The normalized spacial score (nSPS) is 22.3. The summed E-state index contributed by atoms with van der Waals surface area (Å²) in [4.78, 5) is 15.2. The number of urea groups is 1. The molecule has 2 heterocycles. The molecule has 0 radical (unpaired) electrons. The number of hydrogen-bond acceptors (Lipinski definition) is 3. The minimum Gasteiger partial charge on any atom is -0.293 e. The number of hydrogen-bond donors (Lipinski definition) is 3. The summed E-state index contributed by atoms with van der Waals surface area (Å²) in [7, 11) is 0. The van der Waals surface area contributed by atoms with E-state index in [0.29, 0.717) is 11.5 Å². The van der Waals surface area contributed by atoms with Gasteiger partial charge in [0.2, 0.25) is 0 Å². The molecule has 2 amide bonds. The largest absolute Gasteiger partial charge is 0.334 e. The van der Waals surface area contributed by atoms with E-state index in [2.05, 4.69) is 21.2 Å². The number of fused-ring (bicyclic) bond motifs is 3. The van der Waals surface area contributed by atoms with E-state index in [1.165, 1.54) is 12.1 Å². The lowest BCUT2D eigenvalue weighted by Gasteiger charge is -2.22. The quantitative estimate of drug-likeness (QED) is 0.585. The molecule has 1 unspecified atom stereocenters. The maximum Gasteiger partial charge on any atom is 0.334 e. The van der Waals surface area contributed by atoms with Crippen molar-refractivity contribution in [2.24, 2.45) is 4.99 Å². The van der Waals surface area contributed by atoms with Crippen LogP contribution in [0.2, 0.25) is 0 Å². The number of amides is 2. The van der Waals surface area contributed by atoms with E-state index in [0.717, 1.165) is 5.56 Å². The second-order valence-electron chi connectivity index (χ2n) is 3.36. The third-order valence-electron chi connectivity index (χ3n) is 2.39. The summed E-state index contributed by atoms with van der Waals surface area (Å²) in [6.45, 7) is 0. The summed E-state index contributed by atoms with van der Waals surface area (Å²) in [5.41, 5.74) is 6.56. The highest BCUT2D eigenvalue weighted by molar-refractivity contribution is 6.06. The van der Waals surface area contributed by atoms with E-state index in [4.69, 9.17) is 0 Å². The lowest BCUT2D eigenvalue weighted by atomic mass is 10.1. The Hall–Kier alpha value is -1.95. The molecule has 15 heavy (non-hydrogen) atoms. The van der Waals surface area contributed by atoms with Gasteiger partial charge in [-0.2, -0.15) is 0 Å². The zero-order chi connectivity index (χ0) is 10.4. The Balaban J connectivity index is 2.06. The molecule has 3 rings (SSSR count). The standard InChI is InChI=1S/C9H7FN4O/c10-4-1-2-6-5(3-4)7-8(11-6)12-9(15)14-13-7/h1-3,7,13H,(H2,11,12,14,15). The van der Waals surface area contributed by atoms with Gasteiger partial charge in [-0.1, -0.05) is 0 Å². The van der Waals surface area contributed by atoms with Gasteiger partial charge in [-0.05, 0) is 18.2 Å². The van der Waals surface area contributed by atoms with Gasteiger partial charge < -0.3 is 0 Å². The monoisotopic (exact) mass is 206 g/mol. The minimum atomic E-state index is -0.363. The number of hydrazine groups is 1. The van der Waals surface area contributed by atoms with Crippen molar-refractivity contribution in [3.05, 3.63) is 29.6 Å². The average molecular weight is 206 g/mol. The Morgan fingerprint density at radius 2 is 2.27 bits per heavy atom. The molecule has 1 atom stereocenters. The third kappa shape index (κ3) is 1.18. The summed E-state index contributed by atoms with van der Waals surface area (Å²) < 4.78 is 13.0. The first kappa shape index (κ1) is 8.37. The van der Waals surface area contributed by atoms with Crippen LogP contribution in [0.1, 0.15) is 11.6 Å². The van der Waals surface area contributed by atoms with Crippen LogP contribution >= 0.6 is 0 Å². The van der Waals surface area contributed by atoms with E-state index >= 15 is 0 Å². The highest BCUT2D eigenvalue weighted by atomic mass is 19.1. The van der Waals surface area contributed by atoms with Crippen LogP contribution in [-0.2, 0) is 0 Å². The van der Waals surface area contributed by atoms with Gasteiger partial charge in [0.1, 0.15) is 17.7 Å². The number of amidine groups is 1. The maximum atomic E-state index is 13.0. The first-order valence-electron chi connectivity index (χ1n) is 4.44. The molecule has 1 aromatic carbocycles. The number of benzene rings is 1. The lowest BCUT2D eigenvalue weighted by Crippen LogP contribution is -2.57. The van der Waals surface area contributed by atoms with E-state index in [9.17, 15) is 9.18 Å². The zero-order valence-electron chi connectivity index (χ0n) is 7.54. The summed E-state index contributed by atoms with van der Waals surface area (Å²) in [6.07, 6.45) is 0. The van der Waals surface area contributed by atoms with Gasteiger partial charge in [-0.15, -0.1) is 0 Å². The summed E-state index contributed by atoms with van der Waals surface area (Å²) in [5, 5.41) is 2.56. The predicted molar refractivity (Wildman–Crippen MR) is 51.0 cm³/mol. The van der Waals surface area contributed by atoms with Gasteiger partial charge >= 0.3 is 6.03 Å². The molecule has 2 aliphatic heterocycles. The fourth-order valence-electron chi connectivity index (χ4n) is 1.73. The van der Waals surface area contributed by atoms with Crippen molar-refractivity contribution in [2.45, 2.75) is 6.04 Å². The van der Waals surface area contributed by atoms with Gasteiger partial charge in [-0.3, -0.25) is 10.7 Å². The molecule has 1 fully saturated rings. The molecule has 0 bridgehead atoms. The smallest absolute Gasteiger partial charge is 0.293 e. The molecule has 0 spiro atoms. The minimum absolute atomic E-state index is 0.284. The molecule has 2 aliphatic rings. The number of carbonyl (C=O) groups is 1.